The molecule has 1 heteroatoms. The number of hydrogen-bond acceptors (Lipinski definition) is 0. The molecule has 0 unspecified atom stereocenters. The lowest BCUT2D eigenvalue weighted by atomic mass is 10.1. The van der Waals surface area contributed by atoms with Crippen LogP contribution in [0.25, 0.3) is 0 Å². The summed E-state index contributed by atoms with van der Waals surface area (Å²) in [5.74, 6) is 0. The molecule has 0 aromatic heterocycles. The SMILES string of the molecule is CCCCCCCC[N+]1(CCCCCCCC)CCCC1. The number of likely N-dealkylation sites (tertiary alicyclic amines) is 1. The van der Waals surface area contributed by atoms with Crippen molar-refractivity contribution < 1.29 is 4.48 Å². The molecule has 0 radical (unpaired) electrons. The molecule has 0 aliphatic carbocycles. The molecule has 0 saturated carbocycles. The van der Waals surface area contributed by atoms with E-state index >= 15 is 0 Å². The monoisotopic (exact) mass is 296 g/mol. The predicted octanol–water partition coefficient (Wildman–Crippen LogP) is 6.32. The summed E-state index contributed by atoms with van der Waals surface area (Å²) in [4.78, 5) is 0. The first-order chi connectivity index (χ1) is 10.3. The van der Waals surface area contributed by atoms with E-state index < -0.39 is 0 Å². The molecule has 126 valence electrons. The van der Waals surface area contributed by atoms with Gasteiger partial charge in [-0.1, -0.05) is 65.2 Å². The molecule has 1 aliphatic heterocycles. The number of nitrogens with zero attached hydrogens (tertiary/aromatic N) is 1. The van der Waals surface area contributed by atoms with Gasteiger partial charge < -0.3 is 4.48 Å². The van der Waals surface area contributed by atoms with Crippen LogP contribution in [0.3, 0.4) is 0 Å². The molecule has 0 amide bonds. The van der Waals surface area contributed by atoms with Crippen LogP contribution in [0.15, 0.2) is 0 Å². The lowest BCUT2D eigenvalue weighted by Crippen LogP contribution is -2.46. The Morgan fingerprint density at radius 1 is 0.524 bits per heavy atom. The average molecular weight is 297 g/mol. The standard InChI is InChI=1S/C20H42N/c1-3-5-7-9-11-13-17-21(19-15-16-20-21)18-14-12-10-8-6-4-2/h3-20H2,1-2H3/q+1. The second kappa shape index (κ2) is 12.5. The van der Waals surface area contributed by atoms with E-state index in [1.165, 1.54) is 121 Å². The van der Waals surface area contributed by atoms with Crippen molar-refractivity contribution in [2.24, 2.45) is 0 Å². The van der Waals surface area contributed by atoms with Gasteiger partial charge in [0.25, 0.3) is 0 Å². The highest BCUT2D eigenvalue weighted by atomic mass is 15.4. The third-order valence-corrected chi connectivity index (χ3v) is 5.49. The van der Waals surface area contributed by atoms with Gasteiger partial charge >= 0.3 is 0 Å². The van der Waals surface area contributed by atoms with Crippen molar-refractivity contribution >= 4 is 0 Å². The Morgan fingerprint density at radius 2 is 0.905 bits per heavy atom. The molecule has 0 spiro atoms. The lowest BCUT2D eigenvalue weighted by molar-refractivity contribution is -0.917. The van der Waals surface area contributed by atoms with E-state index in [1.54, 1.807) is 0 Å². The fourth-order valence-corrected chi connectivity index (χ4v) is 4.02. The van der Waals surface area contributed by atoms with Crippen LogP contribution in [0, 0.1) is 0 Å². The molecule has 0 N–H and O–H groups in total. The van der Waals surface area contributed by atoms with E-state index in [2.05, 4.69) is 13.8 Å². The Labute approximate surface area is 135 Å². The molecule has 1 aliphatic rings. The smallest absolute Gasteiger partial charge is 0.0788 e. The number of rotatable bonds is 14. The topological polar surface area (TPSA) is 0 Å². The largest absolute Gasteiger partial charge is 0.324 e. The molecule has 1 nitrogen and oxygen atoms in total. The fourth-order valence-electron chi connectivity index (χ4n) is 4.02. The second-order valence-corrected chi connectivity index (χ2v) is 7.48. The zero-order valence-electron chi connectivity index (χ0n) is 15.2. The fraction of sp³-hybridized carbons (Fsp3) is 1.00. The molecule has 1 rings (SSSR count). The zero-order valence-corrected chi connectivity index (χ0v) is 15.2. The highest BCUT2D eigenvalue weighted by Gasteiger charge is 2.30. The Morgan fingerprint density at radius 3 is 1.33 bits per heavy atom. The quantitative estimate of drug-likeness (QED) is 0.260. The van der Waals surface area contributed by atoms with Crippen LogP contribution >= 0.6 is 0 Å². The van der Waals surface area contributed by atoms with E-state index in [0.717, 1.165) is 0 Å². The Hall–Kier alpha value is -0.0400. The van der Waals surface area contributed by atoms with Crippen LogP contribution in [0.4, 0.5) is 0 Å². The summed E-state index contributed by atoms with van der Waals surface area (Å²) in [5, 5.41) is 0. The van der Waals surface area contributed by atoms with Crippen molar-refractivity contribution in [1.82, 2.24) is 0 Å². The minimum atomic E-state index is 1.37. The van der Waals surface area contributed by atoms with E-state index in [-0.39, 0.29) is 0 Å². The highest BCUT2D eigenvalue weighted by Crippen LogP contribution is 2.23. The normalized spacial score (nSPS) is 17.4. The van der Waals surface area contributed by atoms with Gasteiger partial charge in [0.1, 0.15) is 0 Å². The van der Waals surface area contributed by atoms with Crippen molar-refractivity contribution in [2.75, 3.05) is 26.2 Å². The van der Waals surface area contributed by atoms with E-state index in [4.69, 9.17) is 0 Å². The molecule has 0 atom stereocenters. The molecular weight excluding hydrogens is 254 g/mol. The van der Waals surface area contributed by atoms with Crippen LogP contribution in [0.1, 0.15) is 104 Å². The van der Waals surface area contributed by atoms with Gasteiger partial charge in [0.2, 0.25) is 0 Å². The third kappa shape index (κ3) is 8.86. The van der Waals surface area contributed by atoms with Crippen molar-refractivity contribution in [3.63, 3.8) is 0 Å². The number of hydrogen-bond donors (Lipinski definition) is 0. The first kappa shape index (κ1) is 19.0. The first-order valence-corrected chi connectivity index (χ1v) is 10.2. The van der Waals surface area contributed by atoms with Crippen molar-refractivity contribution in [1.29, 1.82) is 0 Å². The van der Waals surface area contributed by atoms with Gasteiger partial charge in [-0.15, -0.1) is 0 Å². The maximum Gasteiger partial charge on any atom is 0.0788 e. The van der Waals surface area contributed by atoms with Gasteiger partial charge in [-0.25, -0.2) is 0 Å². The summed E-state index contributed by atoms with van der Waals surface area (Å²) >= 11 is 0. The highest BCUT2D eigenvalue weighted by molar-refractivity contribution is 4.57. The van der Waals surface area contributed by atoms with Gasteiger partial charge in [0.05, 0.1) is 26.2 Å². The molecule has 1 heterocycles. The Kier molecular flexibility index (Phi) is 11.3. The van der Waals surface area contributed by atoms with Gasteiger partial charge in [-0.3, -0.25) is 0 Å². The second-order valence-electron chi connectivity index (χ2n) is 7.48. The molecule has 0 bridgehead atoms. The molecule has 1 fully saturated rings. The van der Waals surface area contributed by atoms with Crippen LogP contribution in [0.5, 0.6) is 0 Å². The summed E-state index contributed by atoms with van der Waals surface area (Å²) in [7, 11) is 0. The average Bonchev–Trinajstić information content (AvgIpc) is 2.96. The van der Waals surface area contributed by atoms with Crippen molar-refractivity contribution in [3.05, 3.63) is 0 Å². The van der Waals surface area contributed by atoms with E-state index in [0.29, 0.717) is 0 Å². The van der Waals surface area contributed by atoms with E-state index in [1.807, 2.05) is 0 Å². The van der Waals surface area contributed by atoms with Gasteiger partial charge in [0, 0.05) is 12.8 Å². The molecule has 21 heavy (non-hydrogen) atoms. The molecule has 0 aromatic rings. The first-order valence-electron chi connectivity index (χ1n) is 10.2. The minimum absolute atomic E-state index is 1.37. The van der Waals surface area contributed by atoms with Gasteiger partial charge in [0.15, 0.2) is 0 Å². The third-order valence-electron chi connectivity index (χ3n) is 5.49. The predicted molar refractivity (Wildman–Crippen MR) is 95.7 cm³/mol. The van der Waals surface area contributed by atoms with Gasteiger partial charge in [-0.2, -0.15) is 0 Å². The number of quaternary nitrogens is 1. The van der Waals surface area contributed by atoms with Crippen LogP contribution in [0.2, 0.25) is 0 Å². The van der Waals surface area contributed by atoms with Crippen LogP contribution in [-0.2, 0) is 0 Å². The van der Waals surface area contributed by atoms with Crippen molar-refractivity contribution in [3.8, 4) is 0 Å². The summed E-state index contributed by atoms with van der Waals surface area (Å²) < 4.78 is 1.49. The van der Waals surface area contributed by atoms with Gasteiger partial charge in [-0.05, 0) is 25.7 Å². The summed E-state index contributed by atoms with van der Waals surface area (Å²) in [6.45, 7) is 10.6. The summed E-state index contributed by atoms with van der Waals surface area (Å²) in [5.41, 5.74) is 0. The molecule has 0 aromatic carbocycles. The van der Waals surface area contributed by atoms with E-state index in [9.17, 15) is 0 Å². The molecular formula is C20H42N+. The van der Waals surface area contributed by atoms with Crippen molar-refractivity contribution in [2.45, 2.75) is 104 Å². The zero-order chi connectivity index (χ0) is 15.2. The maximum atomic E-state index is 2.31. The Bertz CT molecular complexity index is 200. The maximum absolute atomic E-state index is 2.31. The molecule has 1 saturated heterocycles. The number of unbranched alkanes of at least 4 members (excludes halogenated alkanes) is 10. The minimum Gasteiger partial charge on any atom is -0.324 e. The lowest BCUT2D eigenvalue weighted by Gasteiger charge is -2.34. The van der Waals surface area contributed by atoms with Crippen LogP contribution in [-0.4, -0.2) is 30.7 Å². The van der Waals surface area contributed by atoms with Crippen LogP contribution < -0.4 is 0 Å². The summed E-state index contributed by atoms with van der Waals surface area (Å²) in [6.07, 6.45) is 20.4. The summed E-state index contributed by atoms with van der Waals surface area (Å²) in [6, 6.07) is 0. The Balaban J connectivity index is 2.09.